The molecule has 0 aliphatic heterocycles. The average Bonchev–Trinajstić information content (AvgIpc) is 2.28. The molecular weight excluding hydrogens is 192 g/mol. The third-order valence-electron chi connectivity index (χ3n) is 3.63. The Labute approximate surface area is 101 Å². The first-order chi connectivity index (χ1) is 7.66. The molecule has 0 bridgehead atoms. The summed E-state index contributed by atoms with van der Waals surface area (Å²) >= 11 is 0. The van der Waals surface area contributed by atoms with Crippen LogP contribution in [0.25, 0.3) is 0 Å². The Morgan fingerprint density at radius 3 is 2.12 bits per heavy atom. The van der Waals surface area contributed by atoms with Crippen LogP contribution in [0.3, 0.4) is 0 Å². The highest BCUT2D eigenvalue weighted by Gasteiger charge is 2.04. The van der Waals surface area contributed by atoms with E-state index in [1.807, 2.05) is 0 Å². The predicted octanol–water partition coefficient (Wildman–Crippen LogP) is 5.12. The van der Waals surface area contributed by atoms with Crippen molar-refractivity contribution in [3.8, 4) is 0 Å². The molecule has 0 aliphatic carbocycles. The van der Waals surface area contributed by atoms with E-state index in [0.717, 1.165) is 0 Å². The molecule has 0 heteroatoms. The topological polar surface area (TPSA) is 0 Å². The summed E-state index contributed by atoms with van der Waals surface area (Å²) in [5.74, 6) is 0. The van der Waals surface area contributed by atoms with Crippen LogP contribution >= 0.6 is 0 Å². The van der Waals surface area contributed by atoms with E-state index in [4.69, 9.17) is 0 Å². The predicted molar refractivity (Wildman–Crippen MR) is 73.1 cm³/mol. The van der Waals surface area contributed by atoms with Crippen molar-refractivity contribution < 1.29 is 0 Å². The molecular formula is C16H26. The van der Waals surface area contributed by atoms with Crippen molar-refractivity contribution in [2.24, 2.45) is 0 Å². The summed E-state index contributed by atoms with van der Waals surface area (Å²) in [5.41, 5.74) is 6.01. The standard InChI is InChI=1S/C16H26/c1-5-6-7-8-9-10-16-14(3)12-11-13(2)15(16)4/h11-12H,5-10H2,1-4H3. The van der Waals surface area contributed by atoms with Gasteiger partial charge in [0.2, 0.25) is 0 Å². The van der Waals surface area contributed by atoms with Crippen LogP contribution in [0.5, 0.6) is 0 Å². The fraction of sp³-hybridized carbons (Fsp3) is 0.625. The number of hydrogen-bond acceptors (Lipinski definition) is 0. The number of unbranched alkanes of at least 4 members (excludes halogenated alkanes) is 4. The highest BCUT2D eigenvalue weighted by atomic mass is 14.1. The number of aryl methyl sites for hydroxylation is 2. The van der Waals surface area contributed by atoms with Gasteiger partial charge in [-0.25, -0.2) is 0 Å². The molecule has 90 valence electrons. The summed E-state index contributed by atoms with van der Waals surface area (Å²) in [4.78, 5) is 0. The van der Waals surface area contributed by atoms with Crippen molar-refractivity contribution in [2.45, 2.75) is 66.2 Å². The lowest BCUT2D eigenvalue weighted by Gasteiger charge is -2.12. The Bertz CT molecular complexity index is 323. The Hall–Kier alpha value is -0.780. The van der Waals surface area contributed by atoms with Crippen molar-refractivity contribution in [1.82, 2.24) is 0 Å². The summed E-state index contributed by atoms with van der Waals surface area (Å²) in [6, 6.07) is 4.51. The highest BCUT2D eigenvalue weighted by molar-refractivity contribution is 5.39. The van der Waals surface area contributed by atoms with Crippen molar-refractivity contribution in [3.63, 3.8) is 0 Å². The molecule has 0 saturated carbocycles. The van der Waals surface area contributed by atoms with Gasteiger partial charge < -0.3 is 0 Å². The summed E-state index contributed by atoms with van der Waals surface area (Å²) in [6.45, 7) is 9.00. The maximum Gasteiger partial charge on any atom is -0.0274 e. The number of hydrogen-bond donors (Lipinski definition) is 0. The van der Waals surface area contributed by atoms with Gasteiger partial charge in [-0.3, -0.25) is 0 Å². The first kappa shape index (κ1) is 13.3. The third kappa shape index (κ3) is 3.66. The monoisotopic (exact) mass is 218 g/mol. The lowest BCUT2D eigenvalue weighted by molar-refractivity contribution is 0.630. The van der Waals surface area contributed by atoms with Gasteiger partial charge in [-0.2, -0.15) is 0 Å². The van der Waals surface area contributed by atoms with E-state index in [0.29, 0.717) is 0 Å². The van der Waals surface area contributed by atoms with E-state index < -0.39 is 0 Å². The minimum atomic E-state index is 1.27. The normalized spacial score (nSPS) is 10.8. The van der Waals surface area contributed by atoms with Crippen LogP contribution < -0.4 is 0 Å². The van der Waals surface area contributed by atoms with Crippen LogP contribution in [0.1, 0.15) is 61.3 Å². The van der Waals surface area contributed by atoms with E-state index in [-0.39, 0.29) is 0 Å². The fourth-order valence-electron chi connectivity index (χ4n) is 2.30. The molecule has 0 N–H and O–H groups in total. The first-order valence-electron chi connectivity index (χ1n) is 6.72. The molecule has 1 rings (SSSR count). The Kier molecular flexibility index (Phi) is 5.59. The fourth-order valence-corrected chi connectivity index (χ4v) is 2.30. The van der Waals surface area contributed by atoms with Crippen molar-refractivity contribution in [1.29, 1.82) is 0 Å². The molecule has 16 heavy (non-hydrogen) atoms. The maximum absolute atomic E-state index is 2.27. The SMILES string of the molecule is CCCCCCCc1c(C)ccc(C)c1C. The van der Waals surface area contributed by atoms with Gasteiger partial charge in [0.1, 0.15) is 0 Å². The average molecular weight is 218 g/mol. The molecule has 0 nitrogen and oxygen atoms in total. The zero-order valence-electron chi connectivity index (χ0n) is 11.4. The van der Waals surface area contributed by atoms with Gasteiger partial charge in [-0.15, -0.1) is 0 Å². The van der Waals surface area contributed by atoms with Crippen molar-refractivity contribution in [3.05, 3.63) is 34.4 Å². The van der Waals surface area contributed by atoms with Gasteiger partial charge in [-0.05, 0) is 55.9 Å². The Morgan fingerprint density at radius 2 is 1.44 bits per heavy atom. The minimum Gasteiger partial charge on any atom is -0.0654 e. The lowest BCUT2D eigenvalue weighted by Crippen LogP contribution is -1.96. The molecule has 0 amide bonds. The molecule has 0 heterocycles. The van der Waals surface area contributed by atoms with Crippen molar-refractivity contribution in [2.75, 3.05) is 0 Å². The van der Waals surface area contributed by atoms with Crippen LogP contribution in [-0.4, -0.2) is 0 Å². The maximum atomic E-state index is 2.27. The third-order valence-corrected chi connectivity index (χ3v) is 3.63. The second kappa shape index (κ2) is 6.73. The smallest absolute Gasteiger partial charge is 0.0274 e. The first-order valence-corrected chi connectivity index (χ1v) is 6.72. The summed E-state index contributed by atoms with van der Waals surface area (Å²) in [6.07, 6.45) is 8.14. The van der Waals surface area contributed by atoms with Gasteiger partial charge in [0.05, 0.1) is 0 Å². The minimum absolute atomic E-state index is 1.27. The molecule has 0 atom stereocenters. The zero-order valence-corrected chi connectivity index (χ0v) is 11.4. The highest BCUT2D eigenvalue weighted by Crippen LogP contribution is 2.20. The van der Waals surface area contributed by atoms with E-state index in [9.17, 15) is 0 Å². The molecule has 0 spiro atoms. The number of benzene rings is 1. The Morgan fingerprint density at radius 1 is 0.812 bits per heavy atom. The van der Waals surface area contributed by atoms with E-state index in [1.54, 1.807) is 5.56 Å². The molecule has 0 aromatic heterocycles. The molecule has 0 radical (unpaired) electrons. The molecule has 0 fully saturated rings. The quantitative estimate of drug-likeness (QED) is 0.581. The molecule has 0 saturated heterocycles. The Balaban J connectivity index is 2.50. The molecule has 0 unspecified atom stereocenters. The summed E-state index contributed by atoms with van der Waals surface area (Å²) in [5, 5.41) is 0. The van der Waals surface area contributed by atoms with Crippen LogP contribution in [0.4, 0.5) is 0 Å². The summed E-state index contributed by atoms with van der Waals surface area (Å²) < 4.78 is 0. The lowest BCUT2D eigenvalue weighted by atomic mass is 9.94. The van der Waals surface area contributed by atoms with E-state index in [1.165, 1.54) is 55.2 Å². The summed E-state index contributed by atoms with van der Waals surface area (Å²) in [7, 11) is 0. The van der Waals surface area contributed by atoms with Gasteiger partial charge >= 0.3 is 0 Å². The number of rotatable bonds is 6. The van der Waals surface area contributed by atoms with Crippen LogP contribution in [0.2, 0.25) is 0 Å². The van der Waals surface area contributed by atoms with Crippen LogP contribution in [0.15, 0.2) is 12.1 Å². The van der Waals surface area contributed by atoms with Gasteiger partial charge in [0, 0.05) is 0 Å². The largest absolute Gasteiger partial charge is 0.0654 e. The van der Waals surface area contributed by atoms with Crippen molar-refractivity contribution >= 4 is 0 Å². The van der Waals surface area contributed by atoms with Gasteiger partial charge in [0.15, 0.2) is 0 Å². The molecule has 1 aromatic rings. The van der Waals surface area contributed by atoms with Crippen LogP contribution in [0, 0.1) is 20.8 Å². The molecule has 0 aliphatic rings. The zero-order chi connectivity index (χ0) is 12.0. The molecule has 1 aromatic carbocycles. The second-order valence-electron chi connectivity index (χ2n) is 4.97. The second-order valence-corrected chi connectivity index (χ2v) is 4.97. The van der Waals surface area contributed by atoms with Gasteiger partial charge in [-0.1, -0.05) is 44.7 Å². The van der Waals surface area contributed by atoms with Crippen LogP contribution in [-0.2, 0) is 6.42 Å². The van der Waals surface area contributed by atoms with E-state index >= 15 is 0 Å². The van der Waals surface area contributed by atoms with E-state index in [2.05, 4.69) is 39.8 Å². The van der Waals surface area contributed by atoms with Gasteiger partial charge in [0.25, 0.3) is 0 Å².